The van der Waals surface area contributed by atoms with E-state index >= 15 is 0 Å². The Morgan fingerprint density at radius 3 is 2.90 bits per heavy atom. The maximum Gasteiger partial charge on any atom is 0.318 e. The van der Waals surface area contributed by atoms with Gasteiger partial charge in [0.15, 0.2) is 5.82 Å². The predicted octanol–water partition coefficient (Wildman–Crippen LogP) is 3.72. The van der Waals surface area contributed by atoms with Crippen LogP contribution in [0.25, 0.3) is 0 Å². The molecule has 2 atom stereocenters. The summed E-state index contributed by atoms with van der Waals surface area (Å²) in [5.74, 6) is 1.93. The number of ether oxygens (including phenoxy) is 1. The number of esters is 1. The Balaban J connectivity index is 2.12. The van der Waals surface area contributed by atoms with Crippen molar-refractivity contribution >= 4 is 17.7 Å². The van der Waals surface area contributed by atoms with E-state index in [1.807, 2.05) is 18.7 Å². The minimum absolute atomic E-state index is 0.266. The molecule has 0 amide bonds. The Labute approximate surface area is 130 Å². The second-order valence-corrected chi connectivity index (χ2v) is 7.09. The number of hydrogen-bond acceptors (Lipinski definition) is 6. The Morgan fingerprint density at radius 2 is 2.29 bits per heavy atom. The summed E-state index contributed by atoms with van der Waals surface area (Å²) in [6, 6.07) is 0. The third-order valence-corrected chi connectivity index (χ3v) is 4.87. The summed E-state index contributed by atoms with van der Waals surface area (Å²) in [5, 5.41) is 4.40. The molecule has 21 heavy (non-hydrogen) atoms. The van der Waals surface area contributed by atoms with E-state index in [-0.39, 0.29) is 5.97 Å². The van der Waals surface area contributed by atoms with Crippen molar-refractivity contribution in [1.29, 1.82) is 0 Å². The van der Waals surface area contributed by atoms with E-state index in [9.17, 15) is 4.79 Å². The second-order valence-electron chi connectivity index (χ2n) is 5.78. The lowest BCUT2D eigenvalue weighted by Crippen LogP contribution is -2.18. The summed E-state index contributed by atoms with van der Waals surface area (Å²) < 4.78 is 10.5. The third kappa shape index (κ3) is 4.46. The largest absolute Gasteiger partial charge is 0.465 e. The first-order valence-electron chi connectivity index (χ1n) is 7.73. The van der Waals surface area contributed by atoms with Crippen LogP contribution in [0.2, 0.25) is 0 Å². The van der Waals surface area contributed by atoms with E-state index in [1.54, 1.807) is 0 Å². The highest BCUT2D eigenvalue weighted by Crippen LogP contribution is 2.37. The second kappa shape index (κ2) is 7.82. The summed E-state index contributed by atoms with van der Waals surface area (Å²) in [4.78, 5) is 16.6. The van der Waals surface area contributed by atoms with Gasteiger partial charge in [0.25, 0.3) is 0 Å². The van der Waals surface area contributed by atoms with Crippen molar-refractivity contribution in [2.45, 2.75) is 57.6 Å². The fraction of sp³-hybridized carbons (Fsp3) is 0.800. The van der Waals surface area contributed by atoms with Crippen LogP contribution in [0.5, 0.6) is 0 Å². The van der Waals surface area contributed by atoms with Gasteiger partial charge >= 0.3 is 5.97 Å². The zero-order chi connectivity index (χ0) is 15.2. The van der Waals surface area contributed by atoms with Crippen molar-refractivity contribution < 1.29 is 14.1 Å². The molecule has 0 radical (unpaired) electrons. The van der Waals surface area contributed by atoms with Gasteiger partial charge < -0.3 is 9.26 Å². The maximum atomic E-state index is 12.1. The molecule has 5 nitrogen and oxygen atoms in total. The monoisotopic (exact) mass is 312 g/mol. The summed E-state index contributed by atoms with van der Waals surface area (Å²) in [7, 11) is 0. The van der Waals surface area contributed by atoms with Crippen molar-refractivity contribution in [3.8, 4) is 0 Å². The number of carbonyl (C=O) groups is 1. The maximum absolute atomic E-state index is 12.1. The Morgan fingerprint density at radius 1 is 1.48 bits per heavy atom. The van der Waals surface area contributed by atoms with Crippen molar-refractivity contribution in [2.75, 3.05) is 12.4 Å². The first-order chi connectivity index (χ1) is 10.1. The molecule has 6 heteroatoms. The van der Waals surface area contributed by atoms with Gasteiger partial charge in [0, 0.05) is 0 Å². The molecule has 2 unspecified atom stereocenters. The van der Waals surface area contributed by atoms with Crippen molar-refractivity contribution in [2.24, 2.45) is 5.92 Å². The minimum atomic E-state index is -0.445. The van der Waals surface area contributed by atoms with Crippen molar-refractivity contribution in [3.05, 3.63) is 11.7 Å². The normalized spacial score (nSPS) is 20.5. The SMILES string of the molecule is CCOC(=O)C(CC(C)C)c1nc(C2CCCCS2)no1. The molecule has 2 rings (SSSR count). The lowest BCUT2D eigenvalue weighted by Gasteiger charge is -2.17. The molecule has 0 aliphatic carbocycles. The van der Waals surface area contributed by atoms with Gasteiger partial charge in [-0.2, -0.15) is 16.7 Å². The van der Waals surface area contributed by atoms with Crippen LogP contribution in [0.3, 0.4) is 0 Å². The van der Waals surface area contributed by atoms with E-state index in [1.165, 1.54) is 12.8 Å². The van der Waals surface area contributed by atoms with Crippen LogP contribution in [0, 0.1) is 5.92 Å². The molecule has 118 valence electrons. The number of rotatable bonds is 6. The minimum Gasteiger partial charge on any atom is -0.465 e. The van der Waals surface area contributed by atoms with E-state index in [0.717, 1.165) is 18.0 Å². The van der Waals surface area contributed by atoms with E-state index in [2.05, 4.69) is 24.0 Å². The van der Waals surface area contributed by atoms with Crippen LogP contribution < -0.4 is 0 Å². The highest BCUT2D eigenvalue weighted by atomic mass is 32.2. The molecule has 1 aliphatic rings. The quantitative estimate of drug-likeness (QED) is 0.746. The topological polar surface area (TPSA) is 65.2 Å². The molecule has 0 bridgehead atoms. The van der Waals surface area contributed by atoms with Gasteiger partial charge in [-0.15, -0.1) is 0 Å². The van der Waals surface area contributed by atoms with Gasteiger partial charge in [-0.3, -0.25) is 4.79 Å². The van der Waals surface area contributed by atoms with Gasteiger partial charge in [0.05, 0.1) is 11.9 Å². The molecular weight excluding hydrogens is 288 g/mol. The molecule has 1 aromatic rings. The van der Waals surface area contributed by atoms with Crippen molar-refractivity contribution in [1.82, 2.24) is 10.1 Å². The predicted molar refractivity (Wildman–Crippen MR) is 82.2 cm³/mol. The van der Waals surface area contributed by atoms with Gasteiger partial charge in [0.1, 0.15) is 5.92 Å². The summed E-state index contributed by atoms with van der Waals surface area (Å²) in [6.45, 7) is 6.32. The van der Waals surface area contributed by atoms with E-state index in [4.69, 9.17) is 9.26 Å². The molecule has 1 aliphatic heterocycles. The van der Waals surface area contributed by atoms with Crippen LogP contribution in [-0.4, -0.2) is 28.5 Å². The summed E-state index contributed by atoms with van der Waals surface area (Å²) in [5.41, 5.74) is 0. The van der Waals surface area contributed by atoms with Gasteiger partial charge in [-0.05, 0) is 37.9 Å². The zero-order valence-electron chi connectivity index (χ0n) is 13.0. The number of aromatic nitrogens is 2. The van der Waals surface area contributed by atoms with Crippen molar-refractivity contribution in [3.63, 3.8) is 0 Å². The average molecular weight is 312 g/mol. The van der Waals surface area contributed by atoms with Crippen LogP contribution in [0.4, 0.5) is 0 Å². The van der Waals surface area contributed by atoms with Crippen LogP contribution >= 0.6 is 11.8 Å². The number of thioether (sulfide) groups is 1. The first kappa shape index (κ1) is 16.3. The molecule has 0 aromatic carbocycles. The summed E-state index contributed by atoms with van der Waals surface area (Å²) >= 11 is 1.87. The Bertz CT molecular complexity index is 456. The van der Waals surface area contributed by atoms with Gasteiger partial charge in [-0.25, -0.2) is 0 Å². The van der Waals surface area contributed by atoms with Crippen LogP contribution in [0.1, 0.15) is 69.3 Å². The van der Waals surface area contributed by atoms with E-state index < -0.39 is 5.92 Å². The van der Waals surface area contributed by atoms with E-state index in [0.29, 0.717) is 30.1 Å². The Hall–Kier alpha value is -1.04. The van der Waals surface area contributed by atoms with Gasteiger partial charge in [-0.1, -0.05) is 25.4 Å². The number of nitrogens with zero attached hydrogens (tertiary/aromatic N) is 2. The molecule has 0 N–H and O–H groups in total. The lowest BCUT2D eigenvalue weighted by atomic mass is 9.97. The average Bonchev–Trinajstić information content (AvgIpc) is 2.95. The molecule has 1 fully saturated rings. The standard InChI is InChI=1S/C15H24N2O3S/c1-4-19-15(18)11(9-10(2)3)14-16-13(17-20-14)12-7-5-6-8-21-12/h10-12H,4-9H2,1-3H3. The Kier molecular flexibility index (Phi) is 6.08. The molecule has 1 saturated heterocycles. The molecule has 1 aromatic heterocycles. The van der Waals surface area contributed by atoms with Crippen LogP contribution in [0.15, 0.2) is 4.52 Å². The number of carbonyl (C=O) groups excluding carboxylic acids is 1. The zero-order valence-corrected chi connectivity index (χ0v) is 13.8. The third-order valence-electron chi connectivity index (χ3n) is 3.50. The molecule has 0 spiro atoms. The smallest absolute Gasteiger partial charge is 0.318 e. The molecular formula is C15H24N2O3S. The van der Waals surface area contributed by atoms with Crippen LogP contribution in [-0.2, 0) is 9.53 Å². The highest BCUT2D eigenvalue weighted by Gasteiger charge is 2.30. The lowest BCUT2D eigenvalue weighted by molar-refractivity contribution is -0.146. The first-order valence-corrected chi connectivity index (χ1v) is 8.78. The van der Waals surface area contributed by atoms with Gasteiger partial charge in [0.2, 0.25) is 5.89 Å². The highest BCUT2D eigenvalue weighted by molar-refractivity contribution is 7.99. The fourth-order valence-corrected chi connectivity index (χ4v) is 3.71. The number of hydrogen-bond donors (Lipinski definition) is 0. The fourth-order valence-electron chi connectivity index (χ4n) is 2.48. The molecule has 2 heterocycles. The summed E-state index contributed by atoms with van der Waals surface area (Å²) in [6.07, 6.45) is 4.20. The molecule has 0 saturated carbocycles.